The molecule has 1 aliphatic carbocycles. The van der Waals surface area contributed by atoms with E-state index in [4.69, 9.17) is 0 Å². The Labute approximate surface area is 113 Å². The Hall–Kier alpha value is -1.55. The Bertz CT molecular complexity index is 450. The third-order valence-electron chi connectivity index (χ3n) is 4.14. The van der Waals surface area contributed by atoms with Gasteiger partial charge in [-0.15, -0.1) is 0 Å². The summed E-state index contributed by atoms with van der Waals surface area (Å²) in [6, 6.07) is 7.73. The summed E-state index contributed by atoms with van der Waals surface area (Å²) < 4.78 is 0. The van der Waals surface area contributed by atoms with Gasteiger partial charge in [-0.25, -0.2) is 0 Å². The van der Waals surface area contributed by atoms with E-state index in [-0.39, 0.29) is 24.1 Å². The molecule has 3 rings (SSSR count). The first kappa shape index (κ1) is 12.5. The van der Waals surface area contributed by atoms with Gasteiger partial charge < -0.3 is 15.7 Å². The molecule has 4 nitrogen and oxygen atoms in total. The predicted octanol–water partition coefficient (Wildman–Crippen LogP) is 1.44. The number of anilines is 1. The van der Waals surface area contributed by atoms with Gasteiger partial charge in [-0.1, -0.05) is 31.0 Å². The summed E-state index contributed by atoms with van der Waals surface area (Å²) in [5.74, 6) is 0.00199. The minimum Gasteiger partial charge on any atom is -0.391 e. The van der Waals surface area contributed by atoms with Gasteiger partial charge in [0.25, 0.3) is 0 Å². The van der Waals surface area contributed by atoms with E-state index in [0.29, 0.717) is 0 Å². The summed E-state index contributed by atoms with van der Waals surface area (Å²) in [7, 11) is 0. The molecule has 4 heteroatoms. The third-order valence-corrected chi connectivity index (χ3v) is 4.14. The number of benzene rings is 1. The first-order chi connectivity index (χ1) is 9.24. The number of nitrogens with one attached hydrogen (secondary N) is 2. The number of carbonyl (C=O) groups excluding carboxylic acids is 1. The Morgan fingerprint density at radius 1 is 1.26 bits per heavy atom. The normalized spacial score (nSPS) is 29.4. The molecule has 0 radical (unpaired) electrons. The highest BCUT2D eigenvalue weighted by Crippen LogP contribution is 2.25. The Morgan fingerprint density at radius 2 is 2.05 bits per heavy atom. The zero-order chi connectivity index (χ0) is 13.2. The lowest BCUT2D eigenvalue weighted by Crippen LogP contribution is -2.49. The summed E-state index contributed by atoms with van der Waals surface area (Å²) in [6.45, 7) is 0. The number of aliphatic hydroxyl groups is 1. The average Bonchev–Trinajstić information content (AvgIpc) is 2.85. The number of carbonyl (C=O) groups is 1. The van der Waals surface area contributed by atoms with E-state index >= 15 is 0 Å². The standard InChI is InChI=1S/C15H20N2O2/c18-14-8-4-3-7-12(14)17-15(19)13-9-10-5-1-2-6-11(10)16-13/h1-2,5-6,12-14,16,18H,3-4,7-9H2,(H,17,19). The Balaban J connectivity index is 1.60. The summed E-state index contributed by atoms with van der Waals surface area (Å²) in [5.41, 5.74) is 2.23. The fourth-order valence-corrected chi connectivity index (χ4v) is 3.02. The van der Waals surface area contributed by atoms with Crippen molar-refractivity contribution >= 4 is 11.6 Å². The van der Waals surface area contributed by atoms with Crippen LogP contribution in [-0.2, 0) is 11.2 Å². The minimum atomic E-state index is -0.388. The van der Waals surface area contributed by atoms with Gasteiger partial charge >= 0.3 is 0 Å². The van der Waals surface area contributed by atoms with E-state index in [1.54, 1.807) is 0 Å². The van der Waals surface area contributed by atoms with E-state index in [1.165, 1.54) is 5.56 Å². The van der Waals surface area contributed by atoms with Crippen molar-refractivity contribution in [3.8, 4) is 0 Å². The van der Waals surface area contributed by atoms with Crippen LogP contribution in [0.4, 0.5) is 5.69 Å². The molecule has 0 saturated heterocycles. The summed E-state index contributed by atoms with van der Waals surface area (Å²) >= 11 is 0. The van der Waals surface area contributed by atoms with Gasteiger partial charge in [0.2, 0.25) is 5.91 Å². The van der Waals surface area contributed by atoms with Gasteiger partial charge in [0, 0.05) is 12.1 Å². The molecule has 1 heterocycles. The molecule has 0 aromatic heterocycles. The van der Waals surface area contributed by atoms with Crippen LogP contribution in [0.15, 0.2) is 24.3 Å². The van der Waals surface area contributed by atoms with Crippen LogP contribution in [0, 0.1) is 0 Å². The van der Waals surface area contributed by atoms with Crippen molar-refractivity contribution in [2.75, 3.05) is 5.32 Å². The average molecular weight is 260 g/mol. The molecular formula is C15H20N2O2. The highest BCUT2D eigenvalue weighted by Gasteiger charge is 2.30. The summed E-state index contributed by atoms with van der Waals surface area (Å²) in [6.07, 6.45) is 4.16. The molecule has 102 valence electrons. The second-order valence-electron chi connectivity index (χ2n) is 5.53. The fraction of sp³-hybridized carbons (Fsp3) is 0.533. The van der Waals surface area contributed by atoms with Crippen LogP contribution in [0.25, 0.3) is 0 Å². The van der Waals surface area contributed by atoms with E-state index in [9.17, 15) is 9.90 Å². The van der Waals surface area contributed by atoms with Crippen LogP contribution in [-0.4, -0.2) is 29.2 Å². The van der Waals surface area contributed by atoms with Crippen LogP contribution in [0.1, 0.15) is 31.2 Å². The first-order valence-electron chi connectivity index (χ1n) is 7.07. The molecule has 0 spiro atoms. The maximum absolute atomic E-state index is 12.2. The number of fused-ring (bicyclic) bond motifs is 1. The van der Waals surface area contributed by atoms with Crippen LogP contribution in [0.3, 0.4) is 0 Å². The molecule has 3 atom stereocenters. The monoisotopic (exact) mass is 260 g/mol. The molecule has 3 N–H and O–H groups in total. The SMILES string of the molecule is O=C(NC1CCCCC1O)C1Cc2ccccc2N1. The zero-order valence-electron chi connectivity index (χ0n) is 10.9. The number of hydrogen-bond donors (Lipinski definition) is 3. The molecule has 19 heavy (non-hydrogen) atoms. The van der Waals surface area contributed by atoms with Crippen LogP contribution in [0.2, 0.25) is 0 Å². The highest BCUT2D eigenvalue weighted by atomic mass is 16.3. The summed E-state index contributed by atoms with van der Waals surface area (Å²) in [5, 5.41) is 16.1. The predicted molar refractivity (Wildman–Crippen MR) is 74.0 cm³/mol. The molecule has 1 saturated carbocycles. The van der Waals surface area contributed by atoms with Crippen molar-refractivity contribution in [2.45, 2.75) is 50.3 Å². The van der Waals surface area contributed by atoms with Gasteiger partial charge in [-0.2, -0.15) is 0 Å². The number of para-hydroxylation sites is 1. The smallest absolute Gasteiger partial charge is 0.243 e. The molecule has 2 aliphatic rings. The topological polar surface area (TPSA) is 61.4 Å². The van der Waals surface area contributed by atoms with Crippen molar-refractivity contribution in [1.29, 1.82) is 0 Å². The van der Waals surface area contributed by atoms with Crippen molar-refractivity contribution in [2.24, 2.45) is 0 Å². The van der Waals surface area contributed by atoms with Gasteiger partial charge in [0.15, 0.2) is 0 Å². The van der Waals surface area contributed by atoms with Crippen LogP contribution in [0.5, 0.6) is 0 Å². The quantitative estimate of drug-likeness (QED) is 0.754. The van der Waals surface area contributed by atoms with E-state index < -0.39 is 0 Å². The molecule has 1 amide bonds. The maximum Gasteiger partial charge on any atom is 0.243 e. The maximum atomic E-state index is 12.2. The van der Waals surface area contributed by atoms with Crippen LogP contribution >= 0.6 is 0 Å². The van der Waals surface area contributed by atoms with Gasteiger partial charge in [-0.05, 0) is 24.5 Å². The lowest BCUT2D eigenvalue weighted by atomic mass is 9.92. The van der Waals surface area contributed by atoms with Gasteiger partial charge in [-0.3, -0.25) is 4.79 Å². The third kappa shape index (κ3) is 2.59. The van der Waals surface area contributed by atoms with E-state index in [1.807, 2.05) is 24.3 Å². The van der Waals surface area contributed by atoms with Crippen molar-refractivity contribution in [3.05, 3.63) is 29.8 Å². The minimum absolute atomic E-state index is 0.00199. The molecule has 1 aromatic rings. The summed E-state index contributed by atoms with van der Waals surface area (Å²) in [4.78, 5) is 12.2. The van der Waals surface area contributed by atoms with E-state index in [2.05, 4.69) is 10.6 Å². The Kier molecular flexibility index (Phi) is 3.42. The second-order valence-corrected chi connectivity index (χ2v) is 5.53. The number of rotatable bonds is 2. The lowest BCUT2D eigenvalue weighted by molar-refractivity contribution is -0.123. The van der Waals surface area contributed by atoms with Crippen molar-refractivity contribution in [3.63, 3.8) is 0 Å². The number of hydrogen-bond acceptors (Lipinski definition) is 3. The molecule has 0 bridgehead atoms. The Morgan fingerprint density at radius 3 is 2.84 bits per heavy atom. The number of amides is 1. The molecule has 3 unspecified atom stereocenters. The molecular weight excluding hydrogens is 240 g/mol. The van der Waals surface area contributed by atoms with Crippen molar-refractivity contribution < 1.29 is 9.90 Å². The highest BCUT2D eigenvalue weighted by molar-refractivity contribution is 5.87. The molecule has 1 aliphatic heterocycles. The van der Waals surface area contributed by atoms with E-state index in [0.717, 1.165) is 37.8 Å². The lowest BCUT2D eigenvalue weighted by Gasteiger charge is -2.29. The van der Waals surface area contributed by atoms with Crippen molar-refractivity contribution in [1.82, 2.24) is 5.32 Å². The zero-order valence-corrected chi connectivity index (χ0v) is 10.9. The first-order valence-corrected chi connectivity index (χ1v) is 7.07. The molecule has 1 fully saturated rings. The van der Waals surface area contributed by atoms with Gasteiger partial charge in [0.1, 0.15) is 6.04 Å². The van der Waals surface area contributed by atoms with Gasteiger partial charge in [0.05, 0.1) is 12.1 Å². The largest absolute Gasteiger partial charge is 0.391 e. The number of aliphatic hydroxyl groups excluding tert-OH is 1. The fourth-order valence-electron chi connectivity index (χ4n) is 3.02. The van der Waals surface area contributed by atoms with Crippen LogP contribution < -0.4 is 10.6 Å². The molecule has 1 aromatic carbocycles. The second kappa shape index (κ2) is 5.21.